The van der Waals surface area contributed by atoms with Gasteiger partial charge in [-0.1, -0.05) is 0 Å². The van der Waals surface area contributed by atoms with Crippen molar-refractivity contribution >= 4 is 41.7 Å². The highest BCUT2D eigenvalue weighted by molar-refractivity contribution is 5.82. The molecule has 0 saturated carbocycles. The van der Waals surface area contributed by atoms with Crippen LogP contribution in [0.1, 0.15) is 53.9 Å². The molecule has 0 bridgehead atoms. The third-order valence-corrected chi connectivity index (χ3v) is 5.40. The molecule has 1 N–H and O–H groups in total. The van der Waals surface area contributed by atoms with Crippen molar-refractivity contribution in [3.63, 3.8) is 0 Å². The lowest BCUT2D eigenvalue weighted by molar-refractivity contribution is -0.304. The fraction of sp³-hybridized carbons (Fsp3) is 0.708. The molecular formula is C24H32F3NO14. The van der Waals surface area contributed by atoms with Crippen LogP contribution < -0.4 is 5.32 Å². The molecule has 0 aromatic carbocycles. The fourth-order valence-electron chi connectivity index (χ4n) is 4.01. The third kappa shape index (κ3) is 11.5. The van der Waals surface area contributed by atoms with Gasteiger partial charge in [-0.15, -0.1) is 0 Å². The normalized spacial score (nSPS) is 23.3. The van der Waals surface area contributed by atoms with Gasteiger partial charge in [-0.25, -0.2) is 4.79 Å². The molecule has 1 unspecified atom stereocenters. The number of hydrogen-bond donors (Lipinski definition) is 1. The van der Waals surface area contributed by atoms with Crippen molar-refractivity contribution < 1.29 is 79.9 Å². The number of carbonyl (C=O) groups excluding carboxylic acids is 7. The molecule has 0 aromatic heterocycles. The SMILES string of the molecule is COC(=O)C1(OC(C)=O)C[C@H](OC(C)=O)[C@@H](NC(=O)CCC(F)(F)F)[C@H]([C@@H](OC(C)=O)[C@@H](COC(C)=O)OC(C)=O)O1. The van der Waals surface area contributed by atoms with E-state index in [0.717, 1.165) is 41.7 Å². The van der Waals surface area contributed by atoms with Crippen molar-refractivity contribution in [1.29, 1.82) is 0 Å². The van der Waals surface area contributed by atoms with Crippen LogP contribution in [0.4, 0.5) is 13.2 Å². The van der Waals surface area contributed by atoms with Crippen molar-refractivity contribution in [2.24, 2.45) is 0 Å². The van der Waals surface area contributed by atoms with Gasteiger partial charge in [-0.2, -0.15) is 13.2 Å². The number of methoxy groups -OCH3 is 1. The summed E-state index contributed by atoms with van der Waals surface area (Å²) in [4.78, 5) is 85.2. The number of amides is 1. The van der Waals surface area contributed by atoms with Gasteiger partial charge in [0.2, 0.25) is 5.91 Å². The second kappa shape index (κ2) is 15.3. The summed E-state index contributed by atoms with van der Waals surface area (Å²) in [6.45, 7) is 3.82. The lowest BCUT2D eigenvalue weighted by atomic mass is 9.87. The highest BCUT2D eigenvalue weighted by atomic mass is 19.4. The Morgan fingerprint density at radius 3 is 1.95 bits per heavy atom. The summed E-state index contributed by atoms with van der Waals surface area (Å²) in [6, 6.07) is -1.73. The summed E-state index contributed by atoms with van der Waals surface area (Å²) in [5.41, 5.74) is 0. The number of carbonyl (C=O) groups is 7. The molecule has 18 heteroatoms. The van der Waals surface area contributed by atoms with Crippen LogP contribution in [-0.4, -0.2) is 97.9 Å². The number of alkyl halides is 3. The van der Waals surface area contributed by atoms with Crippen LogP contribution in [0.15, 0.2) is 0 Å². The van der Waals surface area contributed by atoms with Crippen LogP contribution in [0, 0.1) is 0 Å². The van der Waals surface area contributed by atoms with Gasteiger partial charge in [0, 0.05) is 41.0 Å². The lowest BCUT2D eigenvalue weighted by Crippen LogP contribution is -2.69. The molecule has 15 nitrogen and oxygen atoms in total. The molecule has 0 spiro atoms. The predicted octanol–water partition coefficient (Wildman–Crippen LogP) is 0.393. The van der Waals surface area contributed by atoms with Crippen LogP contribution in [0.3, 0.4) is 0 Å². The van der Waals surface area contributed by atoms with Gasteiger partial charge in [0.05, 0.1) is 26.0 Å². The zero-order valence-electron chi connectivity index (χ0n) is 23.6. The number of esters is 6. The smallest absolute Gasteiger partial charge is 0.389 e. The van der Waals surface area contributed by atoms with Gasteiger partial charge in [0.1, 0.15) is 18.8 Å². The molecular weight excluding hydrogens is 583 g/mol. The highest BCUT2D eigenvalue weighted by Gasteiger charge is 2.60. The minimum atomic E-state index is -4.73. The van der Waals surface area contributed by atoms with E-state index in [1.165, 1.54) is 0 Å². The van der Waals surface area contributed by atoms with E-state index in [2.05, 4.69) is 5.32 Å². The zero-order valence-corrected chi connectivity index (χ0v) is 23.6. The Kier molecular flexibility index (Phi) is 13.2. The molecule has 6 atom stereocenters. The average Bonchev–Trinajstić information content (AvgIpc) is 2.83. The summed E-state index contributed by atoms with van der Waals surface area (Å²) in [6.07, 6.45) is -15.6. The van der Waals surface area contributed by atoms with E-state index in [0.29, 0.717) is 0 Å². The number of halogens is 3. The van der Waals surface area contributed by atoms with Gasteiger partial charge in [-0.3, -0.25) is 28.8 Å². The first kappa shape index (κ1) is 36.1. The lowest BCUT2D eigenvalue weighted by Gasteiger charge is -2.48. The van der Waals surface area contributed by atoms with E-state index in [1.54, 1.807) is 0 Å². The maximum absolute atomic E-state index is 12.9. The Labute approximate surface area is 237 Å². The molecule has 1 aliphatic heterocycles. The zero-order chi connectivity index (χ0) is 32.4. The Morgan fingerprint density at radius 2 is 1.50 bits per heavy atom. The van der Waals surface area contributed by atoms with Gasteiger partial charge in [0.25, 0.3) is 0 Å². The van der Waals surface area contributed by atoms with Crippen molar-refractivity contribution in [2.75, 3.05) is 13.7 Å². The first-order valence-electron chi connectivity index (χ1n) is 12.3. The van der Waals surface area contributed by atoms with Gasteiger partial charge >= 0.3 is 47.8 Å². The number of hydrogen-bond acceptors (Lipinski definition) is 14. The standard InChI is InChI=1S/C24H32F3NO14/c1-11(29)37-10-17(39-13(3)31)20(40-14(4)32)21-19(28-18(34)7-8-24(25,26)27)16(38-12(2)30)9-23(42-21,22(35)36-6)41-15(5)33/h16-17,19-21H,7-10H2,1-6H3,(H,28,34)/t16-,17+,19+,20-,21+,23?/m0/s1. The molecule has 1 heterocycles. The van der Waals surface area contributed by atoms with Crippen molar-refractivity contribution in [3.05, 3.63) is 0 Å². The number of nitrogens with one attached hydrogen (secondary N) is 1. The Bertz CT molecular complexity index is 1050. The first-order chi connectivity index (χ1) is 19.3. The first-order valence-corrected chi connectivity index (χ1v) is 12.3. The molecule has 1 aliphatic rings. The molecule has 1 amide bonds. The molecule has 42 heavy (non-hydrogen) atoms. The van der Waals surface area contributed by atoms with Gasteiger partial charge in [0.15, 0.2) is 12.2 Å². The molecule has 238 valence electrons. The van der Waals surface area contributed by atoms with Crippen LogP contribution in [-0.2, 0) is 66.7 Å². The van der Waals surface area contributed by atoms with Crippen LogP contribution in [0.25, 0.3) is 0 Å². The van der Waals surface area contributed by atoms with Crippen LogP contribution in [0.5, 0.6) is 0 Å². The molecule has 0 aliphatic carbocycles. The predicted molar refractivity (Wildman–Crippen MR) is 127 cm³/mol. The van der Waals surface area contributed by atoms with Crippen molar-refractivity contribution in [1.82, 2.24) is 5.32 Å². The van der Waals surface area contributed by atoms with E-state index < -0.39 is 110 Å². The summed E-state index contributed by atoms with van der Waals surface area (Å²) < 4.78 is 74.5. The van der Waals surface area contributed by atoms with Crippen LogP contribution >= 0.6 is 0 Å². The van der Waals surface area contributed by atoms with Crippen molar-refractivity contribution in [3.8, 4) is 0 Å². The Morgan fingerprint density at radius 1 is 0.905 bits per heavy atom. The second-order valence-corrected chi connectivity index (χ2v) is 9.01. The maximum Gasteiger partial charge on any atom is 0.389 e. The maximum atomic E-state index is 12.9. The largest absolute Gasteiger partial charge is 0.464 e. The number of ether oxygens (including phenoxy) is 7. The van der Waals surface area contributed by atoms with E-state index in [4.69, 9.17) is 33.2 Å². The fourth-order valence-corrected chi connectivity index (χ4v) is 4.01. The van der Waals surface area contributed by atoms with Gasteiger partial charge < -0.3 is 38.5 Å². The molecule has 1 fully saturated rings. The summed E-state index contributed by atoms with van der Waals surface area (Å²) in [5.74, 6) is -10.4. The molecule has 1 rings (SSSR count). The second-order valence-electron chi connectivity index (χ2n) is 9.01. The summed E-state index contributed by atoms with van der Waals surface area (Å²) >= 11 is 0. The van der Waals surface area contributed by atoms with Gasteiger partial charge in [-0.05, 0) is 0 Å². The minimum Gasteiger partial charge on any atom is -0.464 e. The number of rotatable bonds is 12. The van der Waals surface area contributed by atoms with E-state index >= 15 is 0 Å². The van der Waals surface area contributed by atoms with E-state index in [9.17, 15) is 46.7 Å². The topological polar surface area (TPSA) is 196 Å². The quantitative estimate of drug-likeness (QED) is 0.234. The monoisotopic (exact) mass is 615 g/mol. The summed E-state index contributed by atoms with van der Waals surface area (Å²) in [5, 5.41) is 2.20. The van der Waals surface area contributed by atoms with Crippen LogP contribution in [0.2, 0.25) is 0 Å². The highest BCUT2D eigenvalue weighted by Crippen LogP contribution is 2.37. The van der Waals surface area contributed by atoms with E-state index in [-0.39, 0.29) is 0 Å². The summed E-state index contributed by atoms with van der Waals surface area (Å²) in [7, 11) is 0.879. The van der Waals surface area contributed by atoms with Crippen molar-refractivity contribution in [2.45, 2.75) is 96.3 Å². The Balaban J connectivity index is 3.87. The van der Waals surface area contributed by atoms with E-state index in [1.807, 2.05) is 0 Å². The average molecular weight is 616 g/mol. The third-order valence-electron chi connectivity index (χ3n) is 5.40. The molecule has 1 saturated heterocycles. The Hall–Kier alpha value is -3.96. The molecule has 0 radical (unpaired) electrons. The molecule has 0 aromatic rings. The minimum absolute atomic E-state index is 0.793.